The van der Waals surface area contributed by atoms with Crippen LogP contribution < -0.4 is 10.5 Å². The monoisotopic (exact) mass is 312 g/mol. The number of carboxylic acids is 1. The summed E-state index contributed by atoms with van der Waals surface area (Å²) in [5.41, 5.74) is 0.377. The van der Waals surface area contributed by atoms with Crippen LogP contribution in [-0.2, 0) is 0 Å². The van der Waals surface area contributed by atoms with E-state index in [0.29, 0.717) is 5.56 Å². The number of pyridine rings is 1. The lowest BCUT2D eigenvalue weighted by molar-refractivity contribution is 0.0691. The van der Waals surface area contributed by atoms with Gasteiger partial charge in [0.05, 0.1) is 11.3 Å². The fourth-order valence-corrected chi connectivity index (χ4v) is 2.18. The zero-order valence-corrected chi connectivity index (χ0v) is 13.0. The fraction of sp³-hybridized carbons (Fsp3) is 0.176. The van der Waals surface area contributed by atoms with Gasteiger partial charge in [-0.05, 0) is 24.6 Å². The minimum Gasteiger partial charge on any atom is -0.505 e. The summed E-state index contributed by atoms with van der Waals surface area (Å²) < 4.78 is 0. The standard InChI is InChI=1S/C17H16N2O4/c1-4-5-12-14(10-6-8-11(9-7-10)19(2)3)18-16(21)13(15(12)20)17(22)23/h6-9H,1-3H3,(H,22,23)(H2,18,20,21). The number of rotatable bonds is 3. The third kappa shape index (κ3) is 3.04. The molecule has 118 valence electrons. The lowest BCUT2D eigenvalue weighted by Crippen LogP contribution is -2.19. The number of aromatic nitrogens is 1. The van der Waals surface area contributed by atoms with Gasteiger partial charge in [0.1, 0.15) is 0 Å². The molecule has 1 aromatic carbocycles. The number of carbonyl (C=O) groups is 1. The molecule has 2 aromatic rings. The molecule has 6 nitrogen and oxygen atoms in total. The highest BCUT2D eigenvalue weighted by atomic mass is 16.4. The van der Waals surface area contributed by atoms with Crippen LogP contribution in [0.5, 0.6) is 5.75 Å². The van der Waals surface area contributed by atoms with Gasteiger partial charge in [-0.2, -0.15) is 0 Å². The van der Waals surface area contributed by atoms with E-state index in [9.17, 15) is 14.7 Å². The molecule has 6 heteroatoms. The number of benzene rings is 1. The predicted molar refractivity (Wildman–Crippen MR) is 88.0 cm³/mol. The second-order valence-corrected chi connectivity index (χ2v) is 5.05. The van der Waals surface area contributed by atoms with Crippen molar-refractivity contribution in [3.8, 4) is 28.8 Å². The van der Waals surface area contributed by atoms with Crippen molar-refractivity contribution in [2.45, 2.75) is 6.92 Å². The number of H-pyrrole nitrogens is 1. The van der Waals surface area contributed by atoms with Crippen molar-refractivity contribution in [2.75, 3.05) is 19.0 Å². The van der Waals surface area contributed by atoms with E-state index in [0.717, 1.165) is 5.69 Å². The van der Waals surface area contributed by atoms with E-state index in [-0.39, 0.29) is 11.3 Å². The van der Waals surface area contributed by atoms with Gasteiger partial charge in [0.25, 0.3) is 5.56 Å². The van der Waals surface area contributed by atoms with E-state index in [1.54, 1.807) is 19.1 Å². The number of anilines is 1. The molecule has 0 aliphatic rings. The minimum atomic E-state index is -1.50. The van der Waals surface area contributed by atoms with Gasteiger partial charge in [-0.15, -0.1) is 5.92 Å². The third-order valence-corrected chi connectivity index (χ3v) is 3.33. The van der Waals surface area contributed by atoms with Crippen molar-refractivity contribution < 1.29 is 15.0 Å². The first-order valence-electron chi connectivity index (χ1n) is 6.79. The number of aromatic amines is 1. The summed E-state index contributed by atoms with van der Waals surface area (Å²) in [5, 5.41) is 19.2. The van der Waals surface area contributed by atoms with Crippen molar-refractivity contribution in [1.29, 1.82) is 0 Å². The highest BCUT2D eigenvalue weighted by Crippen LogP contribution is 2.29. The highest BCUT2D eigenvalue weighted by Gasteiger charge is 2.21. The zero-order chi connectivity index (χ0) is 17.1. The molecule has 2 rings (SSSR count). The Morgan fingerprint density at radius 1 is 1.22 bits per heavy atom. The summed E-state index contributed by atoms with van der Waals surface area (Å²) in [5.74, 6) is 3.15. The summed E-state index contributed by atoms with van der Waals surface area (Å²) in [7, 11) is 3.80. The molecule has 0 fully saturated rings. The third-order valence-electron chi connectivity index (χ3n) is 3.33. The van der Waals surface area contributed by atoms with E-state index < -0.39 is 22.8 Å². The first-order valence-corrected chi connectivity index (χ1v) is 6.79. The van der Waals surface area contributed by atoms with E-state index in [1.807, 2.05) is 31.1 Å². The first-order chi connectivity index (χ1) is 10.9. The molecule has 0 aliphatic carbocycles. The molecule has 0 bridgehead atoms. The average Bonchev–Trinajstić information content (AvgIpc) is 2.49. The molecular weight excluding hydrogens is 296 g/mol. The molecule has 0 aliphatic heterocycles. The minimum absolute atomic E-state index is 0.0853. The summed E-state index contributed by atoms with van der Waals surface area (Å²) in [6, 6.07) is 7.22. The maximum Gasteiger partial charge on any atom is 0.345 e. The van der Waals surface area contributed by atoms with Crippen LogP contribution in [0.15, 0.2) is 29.1 Å². The lowest BCUT2D eigenvalue weighted by Gasteiger charge is -2.14. The maximum atomic E-state index is 12.0. The van der Waals surface area contributed by atoms with Crippen molar-refractivity contribution in [3.63, 3.8) is 0 Å². The number of nitrogens with one attached hydrogen (secondary N) is 1. The normalized spacial score (nSPS) is 9.87. The van der Waals surface area contributed by atoms with Gasteiger partial charge >= 0.3 is 5.97 Å². The molecular formula is C17H16N2O4. The molecule has 0 saturated carbocycles. The second-order valence-electron chi connectivity index (χ2n) is 5.05. The Bertz CT molecular complexity index is 868. The van der Waals surface area contributed by atoms with Crippen LogP contribution >= 0.6 is 0 Å². The topological polar surface area (TPSA) is 93.6 Å². The van der Waals surface area contributed by atoms with Crippen molar-refractivity contribution in [3.05, 3.63) is 45.7 Å². The molecule has 1 heterocycles. The average molecular weight is 312 g/mol. The molecule has 0 atom stereocenters. The Balaban J connectivity index is 2.73. The second kappa shape index (κ2) is 6.28. The quantitative estimate of drug-likeness (QED) is 0.752. The summed E-state index contributed by atoms with van der Waals surface area (Å²) in [6.07, 6.45) is 0. The van der Waals surface area contributed by atoms with Gasteiger partial charge in [0.15, 0.2) is 11.3 Å². The Labute approximate surface area is 133 Å². The van der Waals surface area contributed by atoms with Gasteiger partial charge < -0.3 is 20.1 Å². The van der Waals surface area contributed by atoms with Crippen LogP contribution in [0.25, 0.3) is 11.3 Å². The molecule has 0 radical (unpaired) electrons. The van der Waals surface area contributed by atoms with Crippen LogP contribution in [0, 0.1) is 11.8 Å². The maximum absolute atomic E-state index is 12.0. The molecule has 0 unspecified atom stereocenters. The van der Waals surface area contributed by atoms with Crippen LogP contribution in [0.2, 0.25) is 0 Å². The Hall–Kier alpha value is -3.20. The molecule has 0 saturated heterocycles. The van der Waals surface area contributed by atoms with Crippen LogP contribution in [0.3, 0.4) is 0 Å². The van der Waals surface area contributed by atoms with Crippen molar-refractivity contribution in [2.24, 2.45) is 0 Å². The SMILES string of the molecule is CC#Cc1c(-c2ccc(N(C)C)cc2)[nH]c(=O)c(C(=O)O)c1O. The van der Waals surface area contributed by atoms with E-state index in [1.165, 1.54) is 0 Å². The summed E-state index contributed by atoms with van der Waals surface area (Å²) in [6.45, 7) is 1.56. The largest absolute Gasteiger partial charge is 0.505 e. The number of hydrogen-bond donors (Lipinski definition) is 3. The zero-order valence-electron chi connectivity index (χ0n) is 13.0. The summed E-state index contributed by atoms with van der Waals surface area (Å²) in [4.78, 5) is 27.5. The number of nitrogens with zero attached hydrogens (tertiary/aromatic N) is 1. The molecule has 0 spiro atoms. The van der Waals surface area contributed by atoms with Crippen LogP contribution in [0.1, 0.15) is 22.8 Å². The van der Waals surface area contributed by atoms with E-state index in [4.69, 9.17) is 5.11 Å². The van der Waals surface area contributed by atoms with Crippen LogP contribution in [-0.4, -0.2) is 35.3 Å². The Kier molecular flexibility index (Phi) is 4.42. The predicted octanol–water partition coefficient (Wildman–Crippen LogP) is 1.88. The summed E-state index contributed by atoms with van der Waals surface area (Å²) >= 11 is 0. The van der Waals surface area contributed by atoms with Crippen LogP contribution in [0.4, 0.5) is 5.69 Å². The first kappa shape index (κ1) is 16.2. The number of hydrogen-bond acceptors (Lipinski definition) is 4. The van der Waals surface area contributed by atoms with Gasteiger partial charge in [-0.1, -0.05) is 18.1 Å². The van der Waals surface area contributed by atoms with E-state index >= 15 is 0 Å². The number of carboxylic acid groups (broad SMARTS) is 1. The molecule has 3 N–H and O–H groups in total. The lowest BCUT2D eigenvalue weighted by atomic mass is 10.0. The Morgan fingerprint density at radius 3 is 2.30 bits per heavy atom. The molecule has 23 heavy (non-hydrogen) atoms. The highest BCUT2D eigenvalue weighted by molar-refractivity contribution is 5.92. The number of aromatic hydroxyl groups is 1. The smallest absolute Gasteiger partial charge is 0.345 e. The van der Waals surface area contributed by atoms with Gasteiger partial charge in [0.2, 0.25) is 0 Å². The van der Waals surface area contributed by atoms with Gasteiger partial charge in [-0.3, -0.25) is 4.79 Å². The Morgan fingerprint density at radius 2 is 1.83 bits per heavy atom. The van der Waals surface area contributed by atoms with Crippen molar-refractivity contribution in [1.82, 2.24) is 4.98 Å². The van der Waals surface area contributed by atoms with Gasteiger partial charge in [-0.25, -0.2) is 4.79 Å². The number of aromatic carboxylic acids is 1. The van der Waals surface area contributed by atoms with Gasteiger partial charge in [0, 0.05) is 19.8 Å². The fourth-order valence-electron chi connectivity index (χ4n) is 2.18. The molecule has 1 aromatic heterocycles. The van der Waals surface area contributed by atoms with Crippen molar-refractivity contribution >= 4 is 11.7 Å². The molecule has 0 amide bonds. The van der Waals surface area contributed by atoms with E-state index in [2.05, 4.69) is 16.8 Å².